The number of hydrogen-bond donors (Lipinski definition) is 3. The summed E-state index contributed by atoms with van der Waals surface area (Å²) in [5, 5.41) is 21.2. The van der Waals surface area contributed by atoms with Crippen LogP contribution in [0.25, 0.3) is 0 Å². The monoisotopic (exact) mass is 225 g/mol. The average molecular weight is 225 g/mol. The van der Waals surface area contributed by atoms with E-state index in [0.717, 1.165) is 0 Å². The van der Waals surface area contributed by atoms with Crippen LogP contribution in [-0.4, -0.2) is 29.8 Å². The summed E-state index contributed by atoms with van der Waals surface area (Å²) in [6.07, 6.45) is 0. The van der Waals surface area contributed by atoms with Crippen LogP contribution in [0, 0.1) is 0 Å². The summed E-state index contributed by atoms with van der Waals surface area (Å²) in [4.78, 5) is 11.0. The molecule has 0 aliphatic heterocycles. The van der Waals surface area contributed by atoms with Gasteiger partial charge < -0.3 is 20.3 Å². The second-order valence-corrected chi connectivity index (χ2v) is 3.26. The van der Waals surface area contributed by atoms with Crippen molar-refractivity contribution < 1.29 is 19.7 Å². The van der Waals surface area contributed by atoms with Crippen LogP contribution < -0.4 is 10.1 Å². The van der Waals surface area contributed by atoms with Crippen molar-refractivity contribution in [3.63, 3.8) is 0 Å². The summed E-state index contributed by atoms with van der Waals surface area (Å²) in [7, 11) is 1.42. The molecule has 0 aliphatic rings. The Bertz CT molecular complexity index is 378. The molecule has 5 nitrogen and oxygen atoms in total. The van der Waals surface area contributed by atoms with Crippen molar-refractivity contribution in [2.75, 3.05) is 13.7 Å². The van der Waals surface area contributed by atoms with Gasteiger partial charge in [-0.3, -0.25) is 4.79 Å². The van der Waals surface area contributed by atoms with E-state index in [4.69, 9.17) is 9.84 Å². The van der Waals surface area contributed by atoms with Crippen LogP contribution in [0.1, 0.15) is 18.5 Å². The van der Waals surface area contributed by atoms with E-state index in [1.165, 1.54) is 19.2 Å². The van der Waals surface area contributed by atoms with Crippen molar-refractivity contribution in [3.8, 4) is 11.5 Å². The molecule has 0 radical (unpaired) electrons. The molecular weight excluding hydrogens is 210 g/mol. The van der Waals surface area contributed by atoms with E-state index in [-0.39, 0.29) is 11.5 Å². The lowest BCUT2D eigenvalue weighted by Crippen LogP contribution is -2.28. The Morgan fingerprint density at radius 1 is 1.56 bits per heavy atom. The third-order valence-corrected chi connectivity index (χ3v) is 2.19. The molecule has 0 saturated heterocycles. The standard InChI is InChI=1S/C11H15NO4/c1-3-12-10(11(14)15)7-4-5-8(13)9(6-7)16-2/h4-6,10,12-13H,3H2,1-2H3,(H,14,15). The van der Waals surface area contributed by atoms with E-state index in [0.29, 0.717) is 12.1 Å². The first-order valence-corrected chi connectivity index (χ1v) is 4.93. The van der Waals surface area contributed by atoms with Gasteiger partial charge in [-0.25, -0.2) is 0 Å². The maximum atomic E-state index is 11.0. The third kappa shape index (κ3) is 2.64. The number of aliphatic carboxylic acids is 1. The molecule has 1 unspecified atom stereocenters. The van der Waals surface area contributed by atoms with Gasteiger partial charge in [0.2, 0.25) is 0 Å². The van der Waals surface area contributed by atoms with Gasteiger partial charge >= 0.3 is 5.97 Å². The van der Waals surface area contributed by atoms with Crippen LogP contribution >= 0.6 is 0 Å². The molecule has 3 N–H and O–H groups in total. The third-order valence-electron chi connectivity index (χ3n) is 2.19. The first kappa shape index (κ1) is 12.3. The fourth-order valence-electron chi connectivity index (χ4n) is 1.43. The molecule has 0 heterocycles. The molecule has 1 atom stereocenters. The summed E-state index contributed by atoms with van der Waals surface area (Å²) in [6, 6.07) is 3.69. The highest BCUT2D eigenvalue weighted by molar-refractivity contribution is 5.76. The Morgan fingerprint density at radius 2 is 2.25 bits per heavy atom. The minimum absolute atomic E-state index is 0.00751. The number of phenols is 1. The zero-order chi connectivity index (χ0) is 12.1. The van der Waals surface area contributed by atoms with Crippen LogP contribution in [-0.2, 0) is 4.79 Å². The predicted octanol–water partition coefficient (Wildman–Crippen LogP) is 1.14. The lowest BCUT2D eigenvalue weighted by molar-refractivity contribution is -0.139. The molecule has 0 saturated carbocycles. The van der Waals surface area contributed by atoms with Crippen molar-refractivity contribution >= 4 is 5.97 Å². The molecule has 5 heteroatoms. The number of methoxy groups -OCH3 is 1. The second kappa shape index (κ2) is 5.37. The highest BCUT2D eigenvalue weighted by Crippen LogP contribution is 2.28. The van der Waals surface area contributed by atoms with Crippen LogP contribution in [0.15, 0.2) is 18.2 Å². The molecule has 0 amide bonds. The Balaban J connectivity index is 3.05. The van der Waals surface area contributed by atoms with Gasteiger partial charge in [0.05, 0.1) is 7.11 Å². The SMILES string of the molecule is CCNC(C(=O)O)c1ccc(O)c(OC)c1. The summed E-state index contributed by atoms with van der Waals surface area (Å²) in [5.41, 5.74) is 0.545. The van der Waals surface area contributed by atoms with Gasteiger partial charge in [-0.2, -0.15) is 0 Å². The van der Waals surface area contributed by atoms with E-state index >= 15 is 0 Å². The topological polar surface area (TPSA) is 78.8 Å². The van der Waals surface area contributed by atoms with Gasteiger partial charge in [-0.1, -0.05) is 13.0 Å². The fraction of sp³-hybridized carbons (Fsp3) is 0.364. The number of carboxylic acids is 1. The number of benzene rings is 1. The molecule has 0 aromatic heterocycles. The van der Waals surface area contributed by atoms with Crippen molar-refractivity contribution in [3.05, 3.63) is 23.8 Å². The minimum atomic E-state index is -0.963. The number of hydrogen-bond acceptors (Lipinski definition) is 4. The number of carboxylic acid groups (broad SMARTS) is 1. The number of phenolic OH excluding ortho intramolecular Hbond substituents is 1. The van der Waals surface area contributed by atoms with Gasteiger partial charge in [-0.15, -0.1) is 0 Å². The van der Waals surface area contributed by atoms with E-state index < -0.39 is 12.0 Å². The van der Waals surface area contributed by atoms with Gasteiger partial charge in [0, 0.05) is 0 Å². The molecule has 0 spiro atoms. The molecule has 1 rings (SSSR count). The van der Waals surface area contributed by atoms with Crippen LogP contribution in [0.3, 0.4) is 0 Å². The molecule has 1 aromatic carbocycles. The van der Waals surface area contributed by atoms with E-state index in [9.17, 15) is 9.90 Å². The van der Waals surface area contributed by atoms with Crippen LogP contribution in [0.4, 0.5) is 0 Å². The summed E-state index contributed by atoms with van der Waals surface area (Å²) < 4.78 is 4.92. The lowest BCUT2D eigenvalue weighted by Gasteiger charge is -2.14. The summed E-state index contributed by atoms with van der Waals surface area (Å²) in [5.74, 6) is -0.705. The first-order chi connectivity index (χ1) is 7.60. The van der Waals surface area contributed by atoms with Crippen molar-refractivity contribution in [2.45, 2.75) is 13.0 Å². The minimum Gasteiger partial charge on any atom is -0.504 e. The van der Waals surface area contributed by atoms with Gasteiger partial charge in [-0.05, 0) is 24.2 Å². The predicted molar refractivity (Wildman–Crippen MR) is 58.7 cm³/mol. The molecule has 16 heavy (non-hydrogen) atoms. The Kier molecular flexibility index (Phi) is 4.13. The van der Waals surface area contributed by atoms with Gasteiger partial charge in [0.25, 0.3) is 0 Å². The van der Waals surface area contributed by atoms with E-state index in [2.05, 4.69) is 5.32 Å². The van der Waals surface area contributed by atoms with Crippen molar-refractivity contribution in [1.82, 2.24) is 5.32 Å². The normalized spacial score (nSPS) is 12.1. The molecule has 88 valence electrons. The summed E-state index contributed by atoms with van der Waals surface area (Å²) in [6.45, 7) is 2.37. The Labute approximate surface area is 93.7 Å². The van der Waals surface area contributed by atoms with Gasteiger partial charge in [0.15, 0.2) is 11.5 Å². The highest BCUT2D eigenvalue weighted by Gasteiger charge is 2.19. The average Bonchev–Trinajstić information content (AvgIpc) is 2.26. The Hall–Kier alpha value is -1.75. The van der Waals surface area contributed by atoms with Gasteiger partial charge in [0.1, 0.15) is 6.04 Å². The zero-order valence-corrected chi connectivity index (χ0v) is 9.23. The van der Waals surface area contributed by atoms with E-state index in [1.807, 2.05) is 6.92 Å². The number of nitrogens with one attached hydrogen (secondary N) is 1. The molecule has 1 aromatic rings. The smallest absolute Gasteiger partial charge is 0.325 e. The van der Waals surface area contributed by atoms with Crippen molar-refractivity contribution in [2.24, 2.45) is 0 Å². The molecular formula is C11H15NO4. The number of rotatable bonds is 5. The van der Waals surface area contributed by atoms with Crippen molar-refractivity contribution in [1.29, 1.82) is 0 Å². The molecule has 0 fully saturated rings. The number of likely N-dealkylation sites (N-methyl/N-ethyl adjacent to an activating group) is 1. The second-order valence-electron chi connectivity index (χ2n) is 3.26. The van der Waals surface area contributed by atoms with E-state index in [1.54, 1.807) is 6.07 Å². The lowest BCUT2D eigenvalue weighted by atomic mass is 10.1. The maximum absolute atomic E-state index is 11.0. The number of aromatic hydroxyl groups is 1. The summed E-state index contributed by atoms with van der Waals surface area (Å²) >= 11 is 0. The zero-order valence-electron chi connectivity index (χ0n) is 9.23. The fourth-order valence-corrected chi connectivity index (χ4v) is 1.43. The first-order valence-electron chi connectivity index (χ1n) is 4.93. The largest absolute Gasteiger partial charge is 0.504 e. The molecule has 0 aliphatic carbocycles. The van der Waals surface area contributed by atoms with Crippen LogP contribution in [0.5, 0.6) is 11.5 Å². The highest BCUT2D eigenvalue weighted by atomic mass is 16.5. The van der Waals surface area contributed by atoms with Crippen LogP contribution in [0.2, 0.25) is 0 Å². The molecule has 0 bridgehead atoms. The number of ether oxygens (including phenoxy) is 1. The maximum Gasteiger partial charge on any atom is 0.325 e. The Morgan fingerprint density at radius 3 is 2.75 bits per heavy atom. The quantitative estimate of drug-likeness (QED) is 0.700. The number of carbonyl (C=O) groups is 1.